The van der Waals surface area contributed by atoms with Gasteiger partial charge in [0.05, 0.1) is 22.8 Å². The van der Waals surface area contributed by atoms with Crippen LogP contribution in [0.15, 0.2) is 17.2 Å². The van der Waals surface area contributed by atoms with Gasteiger partial charge in [-0.2, -0.15) is 5.10 Å². The maximum Gasteiger partial charge on any atom is 0.329 e. The first-order chi connectivity index (χ1) is 9.49. The Labute approximate surface area is 111 Å². The molecule has 0 unspecified atom stereocenters. The first-order valence-electron chi connectivity index (χ1n) is 5.20. The number of hydrogen-bond acceptors (Lipinski definition) is 7. The number of nitrogens with two attached hydrogens (primary N) is 1. The fourth-order valence-corrected chi connectivity index (χ4v) is 1.42. The maximum absolute atomic E-state index is 10.9. The van der Waals surface area contributed by atoms with Crippen LogP contribution in [-0.2, 0) is 9.59 Å². The van der Waals surface area contributed by atoms with Crippen LogP contribution < -0.4 is 20.6 Å². The third kappa shape index (κ3) is 2.63. The minimum Gasteiger partial charge on any atom is -0.454 e. The third-order valence-electron chi connectivity index (χ3n) is 2.31. The van der Waals surface area contributed by atoms with Gasteiger partial charge in [0.25, 0.3) is 5.69 Å². The van der Waals surface area contributed by atoms with Gasteiger partial charge in [-0.1, -0.05) is 0 Å². The molecule has 3 N–H and O–H groups in total. The third-order valence-corrected chi connectivity index (χ3v) is 2.31. The summed E-state index contributed by atoms with van der Waals surface area (Å²) in [6.07, 6.45) is 1.00. The van der Waals surface area contributed by atoms with Crippen molar-refractivity contribution >= 4 is 23.7 Å². The molecular formula is C10H8N4O6. The largest absolute Gasteiger partial charge is 0.454 e. The second-order valence-corrected chi connectivity index (χ2v) is 3.58. The summed E-state index contributed by atoms with van der Waals surface area (Å²) < 4.78 is 10.1. The molecule has 2 rings (SSSR count). The van der Waals surface area contributed by atoms with E-state index >= 15 is 0 Å². The van der Waals surface area contributed by atoms with Gasteiger partial charge in [0.15, 0.2) is 11.5 Å². The molecule has 0 saturated carbocycles. The van der Waals surface area contributed by atoms with Gasteiger partial charge in [-0.25, -0.2) is 5.43 Å². The number of fused-ring (bicyclic) bond motifs is 1. The molecule has 0 saturated heterocycles. The Morgan fingerprint density at radius 1 is 1.40 bits per heavy atom. The zero-order valence-electron chi connectivity index (χ0n) is 9.86. The van der Waals surface area contributed by atoms with Gasteiger partial charge < -0.3 is 15.2 Å². The van der Waals surface area contributed by atoms with Crippen LogP contribution >= 0.6 is 0 Å². The average molecular weight is 280 g/mol. The summed E-state index contributed by atoms with van der Waals surface area (Å²) in [7, 11) is 0. The van der Waals surface area contributed by atoms with Crippen molar-refractivity contribution in [3.63, 3.8) is 0 Å². The summed E-state index contributed by atoms with van der Waals surface area (Å²) in [5, 5.41) is 14.3. The number of hydrogen-bond donors (Lipinski definition) is 2. The summed E-state index contributed by atoms with van der Waals surface area (Å²) in [4.78, 5) is 31.6. The van der Waals surface area contributed by atoms with Gasteiger partial charge in [0, 0.05) is 0 Å². The number of nitrogens with one attached hydrogen (secondary N) is 1. The van der Waals surface area contributed by atoms with Crippen molar-refractivity contribution in [3.8, 4) is 11.5 Å². The highest BCUT2D eigenvalue weighted by atomic mass is 16.7. The van der Waals surface area contributed by atoms with Crippen LogP contribution in [0.4, 0.5) is 5.69 Å². The van der Waals surface area contributed by atoms with Crippen LogP contribution in [0.3, 0.4) is 0 Å². The monoisotopic (exact) mass is 280 g/mol. The number of amides is 2. The number of benzene rings is 1. The number of hydrazone groups is 1. The van der Waals surface area contributed by atoms with E-state index in [1.54, 1.807) is 0 Å². The Hall–Kier alpha value is -3.17. The lowest BCUT2D eigenvalue weighted by Crippen LogP contribution is -2.32. The van der Waals surface area contributed by atoms with Gasteiger partial charge in [-0.15, -0.1) is 0 Å². The molecule has 0 spiro atoms. The molecule has 0 aliphatic carbocycles. The molecule has 0 fully saturated rings. The van der Waals surface area contributed by atoms with Crippen molar-refractivity contribution in [2.24, 2.45) is 10.8 Å². The number of nitrogens with zero attached hydrogens (tertiary/aromatic N) is 2. The molecule has 1 aromatic carbocycles. The minimum absolute atomic E-state index is 0.0362. The molecule has 0 aromatic heterocycles. The van der Waals surface area contributed by atoms with Crippen LogP contribution in [0.5, 0.6) is 11.5 Å². The number of rotatable bonds is 3. The molecule has 0 radical (unpaired) electrons. The summed E-state index contributed by atoms with van der Waals surface area (Å²) >= 11 is 0. The highest BCUT2D eigenvalue weighted by Gasteiger charge is 2.22. The van der Waals surface area contributed by atoms with E-state index in [1.807, 2.05) is 5.43 Å². The van der Waals surface area contributed by atoms with E-state index < -0.39 is 16.7 Å². The zero-order chi connectivity index (χ0) is 14.7. The number of primary amides is 1. The van der Waals surface area contributed by atoms with E-state index in [2.05, 4.69) is 5.10 Å². The van der Waals surface area contributed by atoms with Crippen LogP contribution in [0.25, 0.3) is 0 Å². The molecule has 2 amide bonds. The highest BCUT2D eigenvalue weighted by Crippen LogP contribution is 2.37. The number of ether oxygens (including phenoxy) is 2. The van der Waals surface area contributed by atoms with Gasteiger partial charge in [-0.3, -0.25) is 19.7 Å². The van der Waals surface area contributed by atoms with Crippen LogP contribution in [-0.4, -0.2) is 29.7 Å². The smallest absolute Gasteiger partial charge is 0.329 e. The predicted molar refractivity (Wildman–Crippen MR) is 64.2 cm³/mol. The van der Waals surface area contributed by atoms with E-state index in [0.29, 0.717) is 5.75 Å². The first-order valence-corrected chi connectivity index (χ1v) is 5.20. The van der Waals surface area contributed by atoms with Crippen LogP contribution in [0.1, 0.15) is 5.56 Å². The first kappa shape index (κ1) is 13.3. The fraction of sp³-hybridized carbons (Fsp3) is 0.100. The molecule has 20 heavy (non-hydrogen) atoms. The van der Waals surface area contributed by atoms with Crippen molar-refractivity contribution in [3.05, 3.63) is 27.8 Å². The van der Waals surface area contributed by atoms with Gasteiger partial charge in [-0.05, 0) is 6.07 Å². The molecule has 1 aliphatic rings. The highest BCUT2D eigenvalue weighted by molar-refractivity contribution is 6.34. The van der Waals surface area contributed by atoms with E-state index in [9.17, 15) is 19.7 Å². The lowest BCUT2D eigenvalue weighted by Gasteiger charge is -2.00. The summed E-state index contributed by atoms with van der Waals surface area (Å²) in [6.45, 7) is -0.0362. The lowest BCUT2D eigenvalue weighted by atomic mass is 10.1. The number of nitro groups is 1. The lowest BCUT2D eigenvalue weighted by molar-refractivity contribution is -0.385. The molecule has 0 bridgehead atoms. The van der Waals surface area contributed by atoms with Gasteiger partial charge in [0.2, 0.25) is 6.79 Å². The zero-order valence-corrected chi connectivity index (χ0v) is 9.86. The van der Waals surface area contributed by atoms with Crippen molar-refractivity contribution < 1.29 is 24.0 Å². The van der Waals surface area contributed by atoms with E-state index in [4.69, 9.17) is 15.2 Å². The van der Waals surface area contributed by atoms with E-state index in [1.165, 1.54) is 12.1 Å². The quantitative estimate of drug-likeness (QED) is 0.322. The Morgan fingerprint density at radius 3 is 2.65 bits per heavy atom. The van der Waals surface area contributed by atoms with Crippen molar-refractivity contribution in [1.82, 2.24) is 5.43 Å². The van der Waals surface area contributed by atoms with Crippen LogP contribution in [0.2, 0.25) is 0 Å². The topological polar surface area (TPSA) is 146 Å². The normalized spacial score (nSPS) is 12.4. The fourth-order valence-electron chi connectivity index (χ4n) is 1.42. The Balaban J connectivity index is 2.26. The summed E-state index contributed by atoms with van der Waals surface area (Å²) in [5.74, 6) is -1.79. The molecule has 1 aliphatic heterocycles. The Morgan fingerprint density at radius 2 is 2.05 bits per heavy atom. The number of nitro benzene ring substituents is 1. The molecule has 10 heteroatoms. The average Bonchev–Trinajstić information content (AvgIpc) is 2.84. The molecular weight excluding hydrogens is 272 g/mol. The van der Waals surface area contributed by atoms with Gasteiger partial charge in [0.1, 0.15) is 0 Å². The Bertz CT molecular complexity index is 626. The van der Waals surface area contributed by atoms with Crippen LogP contribution in [0, 0.1) is 10.1 Å². The summed E-state index contributed by atoms with van der Waals surface area (Å²) in [6, 6.07) is 2.51. The van der Waals surface area contributed by atoms with Crippen molar-refractivity contribution in [1.29, 1.82) is 0 Å². The van der Waals surface area contributed by atoms with E-state index in [0.717, 1.165) is 6.21 Å². The second kappa shape index (κ2) is 5.22. The second-order valence-electron chi connectivity index (χ2n) is 3.58. The number of carbonyl (C=O) groups is 2. The Kier molecular flexibility index (Phi) is 3.46. The standard InChI is InChI=1S/C10H8N4O6/c11-9(15)10(16)13-12-3-5-1-7-8(20-4-19-7)2-6(5)14(17)18/h1-3H,4H2,(H2,11,15)(H,13,16)/b12-3+. The van der Waals surface area contributed by atoms with Gasteiger partial charge >= 0.3 is 11.8 Å². The van der Waals surface area contributed by atoms with Crippen molar-refractivity contribution in [2.75, 3.05) is 6.79 Å². The SMILES string of the molecule is NC(=O)C(=O)N/N=C/c1cc2c(cc1[N+](=O)[O-])OCO2. The predicted octanol–water partition coefficient (Wildman–Crippen LogP) is -0.741. The number of carbonyl (C=O) groups excluding carboxylic acids is 2. The maximum atomic E-state index is 10.9. The molecule has 1 heterocycles. The minimum atomic E-state index is -1.22. The van der Waals surface area contributed by atoms with Crippen molar-refractivity contribution in [2.45, 2.75) is 0 Å². The molecule has 104 valence electrons. The summed E-state index contributed by atoms with van der Waals surface area (Å²) in [5.41, 5.74) is 6.31. The molecule has 1 aromatic rings. The van der Waals surface area contributed by atoms with E-state index in [-0.39, 0.29) is 23.8 Å². The molecule has 10 nitrogen and oxygen atoms in total. The molecule has 0 atom stereocenters.